The lowest BCUT2D eigenvalue weighted by molar-refractivity contribution is -0.150. The van der Waals surface area contributed by atoms with Gasteiger partial charge in [-0.05, 0) is 37.0 Å². The first-order valence-corrected chi connectivity index (χ1v) is 8.30. The molecule has 6 heteroatoms. The molecule has 2 amide bonds. The van der Waals surface area contributed by atoms with Crippen molar-refractivity contribution in [3.63, 3.8) is 0 Å². The molecule has 3 rings (SSSR count). The molecule has 1 atom stereocenters. The van der Waals surface area contributed by atoms with Crippen LogP contribution in [0, 0.1) is 17.8 Å². The van der Waals surface area contributed by atoms with Crippen LogP contribution in [0.3, 0.4) is 0 Å². The van der Waals surface area contributed by atoms with Crippen LogP contribution in [0.2, 0.25) is 0 Å². The minimum absolute atomic E-state index is 0.00898. The van der Waals surface area contributed by atoms with E-state index in [0.29, 0.717) is 25.7 Å². The summed E-state index contributed by atoms with van der Waals surface area (Å²) in [5.74, 6) is 4.11. The number of hydrogen-bond acceptors (Lipinski definition) is 4. The van der Waals surface area contributed by atoms with E-state index in [-0.39, 0.29) is 36.4 Å². The van der Waals surface area contributed by atoms with Crippen molar-refractivity contribution in [3.05, 3.63) is 35.4 Å². The number of piperidine rings is 1. The van der Waals surface area contributed by atoms with E-state index < -0.39 is 5.97 Å². The van der Waals surface area contributed by atoms with Crippen LogP contribution in [-0.2, 0) is 19.1 Å². The Balaban J connectivity index is 1.48. The zero-order valence-electron chi connectivity index (χ0n) is 13.7. The third kappa shape index (κ3) is 4.25. The summed E-state index contributed by atoms with van der Waals surface area (Å²) in [7, 11) is 0. The molecule has 1 saturated heterocycles. The number of carboxylic acids is 1. The molecule has 6 nitrogen and oxygen atoms in total. The molecule has 130 valence electrons. The predicted octanol–water partition coefficient (Wildman–Crippen LogP) is 1.44. The lowest BCUT2D eigenvalue weighted by Gasteiger charge is -2.31. The second-order valence-corrected chi connectivity index (χ2v) is 6.37. The average molecular weight is 341 g/mol. The second kappa shape index (κ2) is 7.49. The first-order chi connectivity index (χ1) is 12.0. The van der Waals surface area contributed by atoms with Crippen molar-refractivity contribution < 1.29 is 24.2 Å². The fourth-order valence-electron chi connectivity index (χ4n) is 3.01. The topological polar surface area (TPSA) is 92.7 Å². The Bertz CT molecular complexity index is 737. The SMILES string of the molecule is O=C1CCC(c2ccc(C#CCOC3CC(C(=O)O)C3)cc2)C(=O)N1. The molecular formula is C19H19NO5. The molecule has 1 aliphatic heterocycles. The first kappa shape index (κ1) is 17.2. The fourth-order valence-corrected chi connectivity index (χ4v) is 3.01. The van der Waals surface area contributed by atoms with Gasteiger partial charge in [-0.15, -0.1) is 0 Å². The third-order valence-electron chi connectivity index (χ3n) is 4.62. The first-order valence-electron chi connectivity index (χ1n) is 8.30. The summed E-state index contributed by atoms with van der Waals surface area (Å²) < 4.78 is 5.50. The Kier molecular flexibility index (Phi) is 5.15. The van der Waals surface area contributed by atoms with Gasteiger partial charge in [0, 0.05) is 12.0 Å². The molecule has 2 fully saturated rings. The highest BCUT2D eigenvalue weighted by atomic mass is 16.5. The molecule has 1 aliphatic carbocycles. The standard InChI is InChI=1S/C19H19NO5/c21-17-8-7-16(18(22)20-17)13-5-3-12(4-6-13)2-1-9-25-15-10-14(11-15)19(23)24/h3-6,14-16H,7-11H2,(H,23,24)(H,20,21,22). The van der Waals surface area contributed by atoms with Crippen LogP contribution >= 0.6 is 0 Å². The summed E-state index contributed by atoms with van der Waals surface area (Å²) in [4.78, 5) is 33.7. The number of hydrogen-bond donors (Lipinski definition) is 2. The number of imide groups is 1. The van der Waals surface area contributed by atoms with Crippen LogP contribution < -0.4 is 5.32 Å². The van der Waals surface area contributed by atoms with Gasteiger partial charge in [0.2, 0.25) is 11.8 Å². The summed E-state index contributed by atoms with van der Waals surface area (Å²) >= 11 is 0. The molecule has 2 aliphatic rings. The molecule has 1 saturated carbocycles. The Morgan fingerprint density at radius 1 is 1.24 bits per heavy atom. The number of benzene rings is 1. The summed E-state index contributed by atoms with van der Waals surface area (Å²) in [5, 5.41) is 11.1. The van der Waals surface area contributed by atoms with Crippen LogP contribution in [0.5, 0.6) is 0 Å². The molecule has 0 radical (unpaired) electrons. The number of ether oxygens (including phenoxy) is 1. The molecule has 1 aromatic rings. The van der Waals surface area contributed by atoms with Crippen molar-refractivity contribution in [1.29, 1.82) is 0 Å². The van der Waals surface area contributed by atoms with Gasteiger partial charge in [0.05, 0.1) is 17.9 Å². The van der Waals surface area contributed by atoms with Crippen LogP contribution in [-0.4, -0.2) is 35.6 Å². The van der Waals surface area contributed by atoms with Gasteiger partial charge >= 0.3 is 5.97 Å². The highest BCUT2D eigenvalue weighted by molar-refractivity contribution is 6.00. The quantitative estimate of drug-likeness (QED) is 0.638. The van der Waals surface area contributed by atoms with E-state index in [2.05, 4.69) is 17.2 Å². The molecular weight excluding hydrogens is 322 g/mol. The van der Waals surface area contributed by atoms with Crippen LogP contribution in [0.15, 0.2) is 24.3 Å². The molecule has 25 heavy (non-hydrogen) atoms. The van der Waals surface area contributed by atoms with Crippen molar-refractivity contribution in [2.45, 2.75) is 37.7 Å². The Labute approximate surface area is 145 Å². The Hall–Kier alpha value is -2.65. The molecule has 0 spiro atoms. The van der Waals surface area contributed by atoms with Crippen molar-refractivity contribution in [3.8, 4) is 11.8 Å². The summed E-state index contributed by atoms with van der Waals surface area (Å²) in [6, 6.07) is 7.40. The van der Waals surface area contributed by atoms with E-state index in [0.717, 1.165) is 11.1 Å². The van der Waals surface area contributed by atoms with E-state index in [4.69, 9.17) is 9.84 Å². The average Bonchev–Trinajstić information content (AvgIpc) is 2.53. The minimum atomic E-state index is -0.762. The number of carbonyl (C=O) groups excluding carboxylic acids is 2. The maximum atomic E-state index is 11.9. The maximum Gasteiger partial charge on any atom is 0.306 e. The summed E-state index contributed by atoms with van der Waals surface area (Å²) in [5.41, 5.74) is 1.69. The zero-order chi connectivity index (χ0) is 17.8. The monoisotopic (exact) mass is 341 g/mol. The number of nitrogens with one attached hydrogen (secondary N) is 1. The molecule has 1 heterocycles. The van der Waals surface area contributed by atoms with Crippen LogP contribution in [0.4, 0.5) is 0 Å². The van der Waals surface area contributed by atoms with E-state index in [1.807, 2.05) is 24.3 Å². The van der Waals surface area contributed by atoms with Crippen molar-refractivity contribution in [1.82, 2.24) is 5.32 Å². The van der Waals surface area contributed by atoms with Crippen LogP contribution in [0.1, 0.15) is 42.7 Å². The highest BCUT2D eigenvalue weighted by Crippen LogP contribution is 2.30. The number of rotatable bonds is 4. The van der Waals surface area contributed by atoms with Gasteiger partial charge in [-0.1, -0.05) is 24.0 Å². The summed E-state index contributed by atoms with van der Waals surface area (Å²) in [6.07, 6.45) is 1.99. The fraction of sp³-hybridized carbons (Fsp3) is 0.421. The molecule has 0 aromatic heterocycles. The van der Waals surface area contributed by atoms with Gasteiger partial charge in [0.25, 0.3) is 0 Å². The van der Waals surface area contributed by atoms with Crippen LogP contribution in [0.25, 0.3) is 0 Å². The lowest BCUT2D eigenvalue weighted by atomic mass is 9.82. The van der Waals surface area contributed by atoms with Gasteiger partial charge in [-0.25, -0.2) is 0 Å². The third-order valence-corrected chi connectivity index (χ3v) is 4.62. The van der Waals surface area contributed by atoms with E-state index in [9.17, 15) is 14.4 Å². The number of carbonyl (C=O) groups is 3. The zero-order valence-corrected chi connectivity index (χ0v) is 13.7. The van der Waals surface area contributed by atoms with E-state index in [1.165, 1.54) is 0 Å². The second-order valence-electron chi connectivity index (χ2n) is 6.37. The van der Waals surface area contributed by atoms with Gasteiger partial charge < -0.3 is 9.84 Å². The van der Waals surface area contributed by atoms with Crippen molar-refractivity contribution in [2.24, 2.45) is 5.92 Å². The molecule has 2 N–H and O–H groups in total. The highest BCUT2D eigenvalue weighted by Gasteiger charge is 2.34. The maximum absolute atomic E-state index is 11.9. The molecule has 1 unspecified atom stereocenters. The van der Waals surface area contributed by atoms with Crippen molar-refractivity contribution in [2.75, 3.05) is 6.61 Å². The van der Waals surface area contributed by atoms with E-state index in [1.54, 1.807) is 0 Å². The van der Waals surface area contributed by atoms with Gasteiger partial charge in [0.15, 0.2) is 0 Å². The van der Waals surface area contributed by atoms with Gasteiger partial charge in [0.1, 0.15) is 6.61 Å². The van der Waals surface area contributed by atoms with E-state index >= 15 is 0 Å². The van der Waals surface area contributed by atoms with Crippen molar-refractivity contribution >= 4 is 17.8 Å². The summed E-state index contributed by atoms with van der Waals surface area (Å²) in [6.45, 7) is 0.270. The normalized spacial score (nSPS) is 25.4. The van der Waals surface area contributed by atoms with Gasteiger partial charge in [-0.3, -0.25) is 19.7 Å². The smallest absolute Gasteiger partial charge is 0.306 e. The van der Waals surface area contributed by atoms with Gasteiger partial charge in [-0.2, -0.15) is 0 Å². The minimum Gasteiger partial charge on any atom is -0.481 e. The lowest BCUT2D eigenvalue weighted by Crippen LogP contribution is -2.39. The molecule has 1 aromatic carbocycles. The number of amides is 2. The largest absolute Gasteiger partial charge is 0.481 e. The number of aliphatic carboxylic acids is 1. The Morgan fingerprint density at radius 2 is 1.96 bits per heavy atom. The Morgan fingerprint density at radius 3 is 2.60 bits per heavy atom. The number of carboxylic acid groups (broad SMARTS) is 1. The predicted molar refractivity (Wildman–Crippen MR) is 88.5 cm³/mol. The molecule has 0 bridgehead atoms.